The quantitative estimate of drug-likeness (QED) is 0.864. The van der Waals surface area contributed by atoms with Crippen LogP contribution < -0.4 is 10.1 Å². The smallest absolute Gasteiger partial charge is 0.124 e. The third-order valence-corrected chi connectivity index (χ3v) is 3.94. The van der Waals surface area contributed by atoms with E-state index in [1.54, 1.807) is 0 Å². The van der Waals surface area contributed by atoms with Crippen molar-refractivity contribution in [1.29, 1.82) is 0 Å². The van der Waals surface area contributed by atoms with Crippen molar-refractivity contribution < 1.29 is 4.74 Å². The van der Waals surface area contributed by atoms with Gasteiger partial charge >= 0.3 is 0 Å². The van der Waals surface area contributed by atoms with E-state index in [9.17, 15) is 0 Å². The monoisotopic (exact) mass is 276 g/mol. The van der Waals surface area contributed by atoms with E-state index < -0.39 is 0 Å². The maximum atomic E-state index is 5.94. The molecule has 3 nitrogen and oxygen atoms in total. The molecule has 0 atom stereocenters. The fraction of sp³-hybridized carbons (Fsp3) is 0.647. The molecule has 0 amide bonds. The fourth-order valence-electron chi connectivity index (χ4n) is 2.89. The summed E-state index contributed by atoms with van der Waals surface area (Å²) in [7, 11) is 0. The zero-order chi connectivity index (χ0) is 14.4. The molecule has 0 aromatic heterocycles. The summed E-state index contributed by atoms with van der Waals surface area (Å²) in [6.07, 6.45) is 2.73. The lowest BCUT2D eigenvalue weighted by Crippen LogP contribution is -2.42. The second kappa shape index (κ2) is 7.65. The van der Waals surface area contributed by atoms with Gasteiger partial charge in [-0.3, -0.25) is 4.90 Å². The highest BCUT2D eigenvalue weighted by Gasteiger charge is 2.20. The summed E-state index contributed by atoms with van der Waals surface area (Å²) in [6.45, 7) is 10.8. The largest absolute Gasteiger partial charge is 0.491 e. The molecule has 112 valence electrons. The first kappa shape index (κ1) is 15.3. The maximum Gasteiger partial charge on any atom is 0.124 e. The van der Waals surface area contributed by atoms with Crippen LogP contribution in [0.5, 0.6) is 5.75 Å². The van der Waals surface area contributed by atoms with Crippen LogP contribution in [0.15, 0.2) is 24.3 Å². The molecular weight excluding hydrogens is 248 g/mol. The van der Waals surface area contributed by atoms with Gasteiger partial charge in [-0.2, -0.15) is 0 Å². The van der Waals surface area contributed by atoms with Crippen molar-refractivity contribution in [2.45, 2.75) is 52.3 Å². The van der Waals surface area contributed by atoms with Crippen molar-refractivity contribution in [3.8, 4) is 5.75 Å². The third-order valence-electron chi connectivity index (χ3n) is 3.94. The Balaban J connectivity index is 2.06. The highest BCUT2D eigenvalue weighted by atomic mass is 16.5. The van der Waals surface area contributed by atoms with E-state index in [4.69, 9.17) is 4.74 Å². The van der Waals surface area contributed by atoms with Gasteiger partial charge in [0.15, 0.2) is 0 Å². The molecule has 0 saturated carbocycles. The molecule has 1 aromatic rings. The Labute approximate surface area is 123 Å². The summed E-state index contributed by atoms with van der Waals surface area (Å²) < 4.78 is 5.94. The van der Waals surface area contributed by atoms with Gasteiger partial charge in [-0.1, -0.05) is 25.1 Å². The van der Waals surface area contributed by atoms with E-state index in [0.717, 1.165) is 31.9 Å². The highest BCUT2D eigenvalue weighted by molar-refractivity contribution is 5.33. The van der Waals surface area contributed by atoms with Gasteiger partial charge in [0.05, 0.1) is 6.10 Å². The van der Waals surface area contributed by atoms with Gasteiger partial charge in [0.1, 0.15) is 5.75 Å². The van der Waals surface area contributed by atoms with Crippen LogP contribution in [0.1, 0.15) is 39.2 Å². The lowest BCUT2D eigenvalue weighted by molar-refractivity contribution is 0.158. The number of hydrogen-bond acceptors (Lipinski definition) is 3. The van der Waals surface area contributed by atoms with Crippen molar-refractivity contribution in [2.24, 2.45) is 0 Å². The summed E-state index contributed by atoms with van der Waals surface area (Å²) in [4.78, 5) is 2.59. The van der Waals surface area contributed by atoms with Crippen molar-refractivity contribution in [3.63, 3.8) is 0 Å². The molecule has 0 aliphatic carbocycles. The average Bonchev–Trinajstić information content (AvgIpc) is 2.46. The van der Waals surface area contributed by atoms with Gasteiger partial charge in [-0.05, 0) is 52.4 Å². The molecule has 1 N–H and O–H groups in total. The average molecular weight is 276 g/mol. The Morgan fingerprint density at radius 1 is 1.25 bits per heavy atom. The first-order valence-electron chi connectivity index (χ1n) is 7.90. The van der Waals surface area contributed by atoms with Crippen LogP contribution in [0.3, 0.4) is 0 Å². The molecule has 20 heavy (non-hydrogen) atoms. The lowest BCUT2D eigenvalue weighted by Gasteiger charge is -2.34. The molecule has 3 heteroatoms. The van der Waals surface area contributed by atoms with Crippen molar-refractivity contribution in [1.82, 2.24) is 10.2 Å². The molecule has 0 bridgehead atoms. The summed E-state index contributed by atoms with van der Waals surface area (Å²) in [5.41, 5.74) is 1.31. The van der Waals surface area contributed by atoms with Gasteiger partial charge in [-0.15, -0.1) is 0 Å². The predicted octanol–water partition coefficient (Wildman–Crippen LogP) is 3.05. The van der Waals surface area contributed by atoms with E-state index in [-0.39, 0.29) is 6.10 Å². The number of piperidine rings is 1. The fourth-order valence-corrected chi connectivity index (χ4v) is 2.89. The molecule has 1 saturated heterocycles. The lowest BCUT2D eigenvalue weighted by atomic mass is 10.0. The molecule has 1 heterocycles. The Bertz CT molecular complexity index is 400. The molecule has 1 aromatic carbocycles. The Morgan fingerprint density at radius 2 is 1.95 bits per heavy atom. The molecule has 2 rings (SSSR count). The zero-order valence-electron chi connectivity index (χ0n) is 13.1. The summed E-state index contributed by atoms with van der Waals surface area (Å²) in [5.74, 6) is 1.04. The second-order valence-electron chi connectivity index (χ2n) is 5.82. The predicted molar refractivity (Wildman–Crippen MR) is 84.2 cm³/mol. The van der Waals surface area contributed by atoms with Crippen LogP contribution in [-0.2, 0) is 6.54 Å². The standard InChI is InChI=1S/C17H28N2O/c1-4-19(16-9-11-18-12-10-16)13-15-7-5-6-8-17(15)20-14(2)3/h5-8,14,16,18H,4,9-13H2,1-3H3. The molecular formula is C17H28N2O. The topological polar surface area (TPSA) is 24.5 Å². The molecule has 0 unspecified atom stereocenters. The number of nitrogens with one attached hydrogen (secondary N) is 1. The first-order valence-corrected chi connectivity index (χ1v) is 7.90. The van der Waals surface area contributed by atoms with Gasteiger partial charge < -0.3 is 10.1 Å². The van der Waals surface area contributed by atoms with E-state index in [1.807, 2.05) is 0 Å². The Hall–Kier alpha value is -1.06. The van der Waals surface area contributed by atoms with Crippen LogP contribution in [0, 0.1) is 0 Å². The Kier molecular flexibility index (Phi) is 5.86. The normalized spacial score (nSPS) is 16.9. The van der Waals surface area contributed by atoms with Gasteiger partial charge in [-0.25, -0.2) is 0 Å². The van der Waals surface area contributed by atoms with Crippen molar-refractivity contribution in [2.75, 3.05) is 19.6 Å². The van der Waals surface area contributed by atoms with Crippen molar-refractivity contribution in [3.05, 3.63) is 29.8 Å². The molecule has 1 fully saturated rings. The van der Waals surface area contributed by atoms with E-state index in [2.05, 4.69) is 55.3 Å². The number of hydrogen-bond donors (Lipinski definition) is 1. The van der Waals surface area contributed by atoms with Crippen LogP contribution in [0.2, 0.25) is 0 Å². The second-order valence-corrected chi connectivity index (χ2v) is 5.82. The number of para-hydroxylation sites is 1. The summed E-state index contributed by atoms with van der Waals surface area (Å²) in [6, 6.07) is 9.15. The minimum Gasteiger partial charge on any atom is -0.491 e. The van der Waals surface area contributed by atoms with E-state index in [1.165, 1.54) is 18.4 Å². The number of ether oxygens (including phenoxy) is 1. The maximum absolute atomic E-state index is 5.94. The van der Waals surface area contributed by atoms with E-state index in [0.29, 0.717) is 6.04 Å². The highest BCUT2D eigenvalue weighted by Crippen LogP contribution is 2.23. The third kappa shape index (κ3) is 4.22. The van der Waals surface area contributed by atoms with Gasteiger partial charge in [0.2, 0.25) is 0 Å². The van der Waals surface area contributed by atoms with Crippen LogP contribution in [-0.4, -0.2) is 36.7 Å². The molecule has 1 aliphatic rings. The minimum absolute atomic E-state index is 0.227. The summed E-state index contributed by atoms with van der Waals surface area (Å²) >= 11 is 0. The van der Waals surface area contributed by atoms with Gasteiger partial charge in [0.25, 0.3) is 0 Å². The SMILES string of the molecule is CCN(Cc1ccccc1OC(C)C)C1CCNCC1. The Morgan fingerprint density at radius 3 is 2.60 bits per heavy atom. The van der Waals surface area contributed by atoms with E-state index >= 15 is 0 Å². The first-order chi connectivity index (χ1) is 9.70. The zero-order valence-corrected chi connectivity index (χ0v) is 13.1. The minimum atomic E-state index is 0.227. The van der Waals surface area contributed by atoms with Crippen LogP contribution >= 0.6 is 0 Å². The van der Waals surface area contributed by atoms with Crippen molar-refractivity contribution >= 4 is 0 Å². The molecule has 0 spiro atoms. The summed E-state index contributed by atoms with van der Waals surface area (Å²) in [5, 5.41) is 3.44. The van der Waals surface area contributed by atoms with Crippen LogP contribution in [0.4, 0.5) is 0 Å². The number of nitrogens with zero attached hydrogens (tertiary/aromatic N) is 1. The van der Waals surface area contributed by atoms with Crippen LogP contribution in [0.25, 0.3) is 0 Å². The number of benzene rings is 1. The molecule has 1 aliphatic heterocycles. The molecule has 0 radical (unpaired) electrons. The number of rotatable bonds is 6. The van der Waals surface area contributed by atoms with Gasteiger partial charge in [0, 0.05) is 18.2 Å².